The molecule has 14 heavy (non-hydrogen) atoms. The summed E-state index contributed by atoms with van der Waals surface area (Å²) in [5.74, 6) is -1.19. The molecule has 0 aliphatic carbocycles. The fraction of sp³-hybridized carbons (Fsp3) is 0.364. The summed E-state index contributed by atoms with van der Waals surface area (Å²) in [4.78, 5) is 0. The van der Waals surface area contributed by atoms with Crippen LogP contribution in [-0.4, -0.2) is 11.6 Å². The molecule has 0 bridgehead atoms. The van der Waals surface area contributed by atoms with Crippen LogP contribution < -0.4 is 4.74 Å². The first-order chi connectivity index (χ1) is 6.38. The van der Waals surface area contributed by atoms with E-state index < -0.39 is 5.85 Å². The molecular formula is C11H14FNO. The normalized spacial score (nSPS) is 11.1. The number of nitrogens with one attached hydrogen (secondary N) is 1. The maximum absolute atomic E-state index is 13.1. The van der Waals surface area contributed by atoms with E-state index in [1.165, 1.54) is 13.8 Å². The van der Waals surface area contributed by atoms with Gasteiger partial charge in [-0.2, -0.15) is 4.39 Å². The molecule has 0 radical (unpaired) electrons. The summed E-state index contributed by atoms with van der Waals surface area (Å²) in [6, 6.07) is 6.80. The highest BCUT2D eigenvalue weighted by molar-refractivity contribution is 5.96. The molecule has 0 aliphatic rings. The lowest BCUT2D eigenvalue weighted by Crippen LogP contribution is -2.20. The molecule has 0 saturated carbocycles. The molecule has 0 unspecified atom stereocenters. The van der Waals surface area contributed by atoms with Gasteiger partial charge in [-0.1, -0.05) is 0 Å². The van der Waals surface area contributed by atoms with Crippen LogP contribution in [0, 0.1) is 5.41 Å². The van der Waals surface area contributed by atoms with Gasteiger partial charge in [0.25, 0.3) is 0 Å². The van der Waals surface area contributed by atoms with Crippen LogP contribution in [0.1, 0.15) is 26.3 Å². The second-order valence-electron chi connectivity index (χ2n) is 3.61. The standard InChI is InChI=1S/C11H14FNO/c1-8(13)9-4-6-10(7-5-9)14-11(2,3)12/h4-7,13H,1-3H3. The monoisotopic (exact) mass is 195 g/mol. The Morgan fingerprint density at radius 1 is 1.29 bits per heavy atom. The predicted octanol–water partition coefficient (Wildman–Crippen LogP) is 3.16. The lowest BCUT2D eigenvalue weighted by Gasteiger charge is -2.16. The maximum Gasteiger partial charge on any atom is 0.242 e. The Morgan fingerprint density at radius 3 is 2.14 bits per heavy atom. The Labute approximate surface area is 83.2 Å². The van der Waals surface area contributed by atoms with E-state index in [0.717, 1.165) is 5.56 Å². The van der Waals surface area contributed by atoms with E-state index in [9.17, 15) is 4.39 Å². The van der Waals surface area contributed by atoms with Crippen LogP contribution in [0.3, 0.4) is 0 Å². The third kappa shape index (κ3) is 3.17. The van der Waals surface area contributed by atoms with Crippen molar-refractivity contribution in [2.24, 2.45) is 0 Å². The van der Waals surface area contributed by atoms with Gasteiger partial charge in [0.05, 0.1) is 0 Å². The van der Waals surface area contributed by atoms with Gasteiger partial charge < -0.3 is 10.1 Å². The summed E-state index contributed by atoms with van der Waals surface area (Å²) in [6.45, 7) is 4.40. The Balaban J connectivity index is 2.79. The number of rotatable bonds is 3. The zero-order valence-corrected chi connectivity index (χ0v) is 8.60. The quantitative estimate of drug-likeness (QED) is 0.738. The van der Waals surface area contributed by atoms with Crippen molar-refractivity contribution in [3.8, 4) is 5.75 Å². The third-order valence-corrected chi connectivity index (χ3v) is 1.65. The summed E-state index contributed by atoms with van der Waals surface area (Å²) in [5, 5.41) is 7.37. The van der Waals surface area contributed by atoms with Gasteiger partial charge in [0.15, 0.2) is 0 Å². The largest absolute Gasteiger partial charge is 0.459 e. The van der Waals surface area contributed by atoms with E-state index in [1.54, 1.807) is 31.2 Å². The van der Waals surface area contributed by atoms with Gasteiger partial charge in [-0.05, 0) is 36.8 Å². The average Bonchev–Trinajstić information content (AvgIpc) is 2.02. The highest BCUT2D eigenvalue weighted by Crippen LogP contribution is 2.19. The Kier molecular flexibility index (Phi) is 2.89. The predicted molar refractivity (Wildman–Crippen MR) is 54.8 cm³/mol. The summed E-state index contributed by atoms with van der Waals surface area (Å²) < 4.78 is 18.1. The molecule has 0 aromatic heterocycles. The van der Waals surface area contributed by atoms with Crippen LogP contribution >= 0.6 is 0 Å². The second kappa shape index (κ2) is 3.78. The third-order valence-electron chi connectivity index (χ3n) is 1.65. The lowest BCUT2D eigenvalue weighted by atomic mass is 10.1. The highest BCUT2D eigenvalue weighted by atomic mass is 19.2. The average molecular weight is 195 g/mol. The first-order valence-corrected chi connectivity index (χ1v) is 4.42. The molecule has 0 aliphatic heterocycles. The number of hydrogen-bond donors (Lipinski definition) is 1. The minimum Gasteiger partial charge on any atom is -0.459 e. The smallest absolute Gasteiger partial charge is 0.242 e. The summed E-state index contributed by atoms with van der Waals surface area (Å²) in [6.07, 6.45) is 0. The second-order valence-corrected chi connectivity index (χ2v) is 3.61. The van der Waals surface area contributed by atoms with Gasteiger partial charge >= 0.3 is 0 Å². The van der Waals surface area contributed by atoms with Crippen molar-refractivity contribution in [3.05, 3.63) is 29.8 Å². The van der Waals surface area contributed by atoms with Crippen LogP contribution in [-0.2, 0) is 0 Å². The van der Waals surface area contributed by atoms with Crippen molar-refractivity contribution in [2.45, 2.75) is 26.6 Å². The van der Waals surface area contributed by atoms with Crippen molar-refractivity contribution < 1.29 is 9.13 Å². The van der Waals surface area contributed by atoms with E-state index in [2.05, 4.69) is 0 Å². The zero-order valence-electron chi connectivity index (χ0n) is 8.60. The van der Waals surface area contributed by atoms with Gasteiger partial charge in [0.2, 0.25) is 5.85 Å². The number of halogens is 1. The molecule has 3 heteroatoms. The molecule has 76 valence electrons. The minimum atomic E-state index is -1.67. The van der Waals surface area contributed by atoms with Crippen molar-refractivity contribution >= 4 is 5.71 Å². The SMILES string of the molecule is CC(=N)c1ccc(OC(C)(C)F)cc1. The van der Waals surface area contributed by atoms with Crippen LogP contribution in [0.5, 0.6) is 5.75 Å². The van der Waals surface area contributed by atoms with Crippen LogP contribution in [0.4, 0.5) is 4.39 Å². The lowest BCUT2D eigenvalue weighted by molar-refractivity contribution is -0.0257. The van der Waals surface area contributed by atoms with Gasteiger partial charge in [0, 0.05) is 19.6 Å². The van der Waals surface area contributed by atoms with Gasteiger partial charge in [0.1, 0.15) is 5.75 Å². The Hall–Kier alpha value is -1.38. The van der Waals surface area contributed by atoms with Crippen LogP contribution in [0.2, 0.25) is 0 Å². The summed E-state index contributed by atoms with van der Waals surface area (Å²) in [7, 11) is 0. The van der Waals surface area contributed by atoms with Gasteiger partial charge in [-0.3, -0.25) is 0 Å². The molecule has 0 atom stereocenters. The molecular weight excluding hydrogens is 181 g/mol. The van der Waals surface area contributed by atoms with Gasteiger partial charge in [-0.15, -0.1) is 0 Å². The number of alkyl halides is 1. The number of hydrogen-bond acceptors (Lipinski definition) is 2. The fourth-order valence-electron chi connectivity index (χ4n) is 1.05. The van der Waals surface area contributed by atoms with E-state index in [0.29, 0.717) is 11.5 Å². The van der Waals surface area contributed by atoms with Crippen LogP contribution in [0.15, 0.2) is 24.3 Å². The molecule has 0 fully saturated rings. The van der Waals surface area contributed by atoms with Crippen molar-refractivity contribution in [3.63, 3.8) is 0 Å². The molecule has 0 saturated heterocycles. The summed E-state index contributed by atoms with van der Waals surface area (Å²) in [5.41, 5.74) is 1.30. The molecule has 1 aromatic carbocycles. The van der Waals surface area contributed by atoms with Crippen LogP contribution in [0.25, 0.3) is 0 Å². The molecule has 1 N–H and O–H groups in total. The molecule has 1 rings (SSSR count). The molecule has 0 amide bonds. The van der Waals surface area contributed by atoms with E-state index in [4.69, 9.17) is 10.1 Å². The molecule has 0 heterocycles. The number of ether oxygens (including phenoxy) is 1. The molecule has 2 nitrogen and oxygen atoms in total. The molecule has 0 spiro atoms. The van der Waals surface area contributed by atoms with E-state index >= 15 is 0 Å². The Morgan fingerprint density at radius 2 is 1.79 bits per heavy atom. The van der Waals surface area contributed by atoms with Gasteiger partial charge in [-0.25, -0.2) is 0 Å². The zero-order chi connectivity index (χ0) is 10.8. The van der Waals surface area contributed by atoms with Crippen molar-refractivity contribution in [2.75, 3.05) is 0 Å². The summed E-state index contributed by atoms with van der Waals surface area (Å²) >= 11 is 0. The molecule has 1 aromatic rings. The first-order valence-electron chi connectivity index (χ1n) is 4.42. The van der Waals surface area contributed by atoms with E-state index in [-0.39, 0.29) is 0 Å². The van der Waals surface area contributed by atoms with Crippen molar-refractivity contribution in [1.82, 2.24) is 0 Å². The van der Waals surface area contributed by atoms with E-state index in [1.807, 2.05) is 0 Å². The first kappa shape index (κ1) is 10.7. The maximum atomic E-state index is 13.1. The topological polar surface area (TPSA) is 33.1 Å². The number of benzene rings is 1. The minimum absolute atomic E-state index is 0.475. The Bertz CT molecular complexity index is 324. The highest BCUT2D eigenvalue weighted by Gasteiger charge is 2.16. The fourth-order valence-corrected chi connectivity index (χ4v) is 1.05. The van der Waals surface area contributed by atoms with Crippen molar-refractivity contribution in [1.29, 1.82) is 5.41 Å².